The molecular formula is C26H33N7O5S. The highest BCUT2D eigenvalue weighted by Gasteiger charge is 2.60. The zero-order chi connectivity index (χ0) is 28.2. The minimum atomic E-state index is -1.59. The van der Waals surface area contributed by atoms with Crippen LogP contribution < -0.4 is 21.7 Å². The Morgan fingerprint density at radius 1 is 1.10 bits per heavy atom. The molecule has 2 saturated heterocycles. The fraction of sp³-hybridized carbons (Fsp3) is 0.423. The highest BCUT2D eigenvalue weighted by Crippen LogP contribution is 2.43. The Morgan fingerprint density at radius 2 is 1.74 bits per heavy atom. The van der Waals surface area contributed by atoms with Gasteiger partial charge in [-0.25, -0.2) is 4.79 Å². The van der Waals surface area contributed by atoms with Gasteiger partial charge in [0.05, 0.1) is 19.1 Å². The van der Waals surface area contributed by atoms with Crippen molar-refractivity contribution in [3.63, 3.8) is 0 Å². The summed E-state index contributed by atoms with van der Waals surface area (Å²) in [6.45, 7) is 2.96. The molecule has 3 unspecified atom stereocenters. The number of carboxylic acid groups (broad SMARTS) is 1. The maximum Gasteiger partial charge on any atom is 0.329 e. The summed E-state index contributed by atoms with van der Waals surface area (Å²) in [6, 6.07) is 7.40. The lowest BCUT2D eigenvalue weighted by Crippen LogP contribution is -2.75. The molecule has 2 aliphatic heterocycles. The van der Waals surface area contributed by atoms with Gasteiger partial charge in [-0.2, -0.15) is 0 Å². The Morgan fingerprint density at radius 3 is 2.28 bits per heavy atom. The van der Waals surface area contributed by atoms with Gasteiger partial charge in [-0.05, 0) is 30.0 Å². The Bertz CT molecular complexity index is 1240. The maximum absolute atomic E-state index is 13.6. The first kappa shape index (κ1) is 28.2. The minimum Gasteiger partial charge on any atom is -0.480 e. The molecule has 2 fully saturated rings. The zero-order valence-corrected chi connectivity index (χ0v) is 22.4. The van der Waals surface area contributed by atoms with Crippen LogP contribution in [0.2, 0.25) is 0 Å². The number of nitrogens with one attached hydrogen (secondary N) is 4. The number of amides is 3. The topological polar surface area (TPSA) is 181 Å². The van der Waals surface area contributed by atoms with Gasteiger partial charge < -0.3 is 36.6 Å². The van der Waals surface area contributed by atoms with E-state index < -0.39 is 35.4 Å². The van der Waals surface area contributed by atoms with Gasteiger partial charge in [0, 0.05) is 42.2 Å². The number of carboxylic acids is 1. The van der Waals surface area contributed by atoms with Crippen LogP contribution in [0.1, 0.15) is 34.1 Å². The molecule has 0 saturated carbocycles. The lowest BCUT2D eigenvalue weighted by molar-refractivity contribution is -0.167. The Balaban J connectivity index is 1.88. The molecule has 39 heavy (non-hydrogen) atoms. The van der Waals surface area contributed by atoms with Crippen LogP contribution in [-0.2, 0) is 19.9 Å². The molecule has 208 valence electrons. The summed E-state index contributed by atoms with van der Waals surface area (Å²) in [5.74, 6) is -2.58. The number of hydrogen-bond acceptors (Lipinski definition) is 8. The van der Waals surface area contributed by atoms with Crippen LogP contribution in [0.25, 0.3) is 0 Å². The van der Waals surface area contributed by atoms with E-state index in [-0.39, 0.29) is 49.9 Å². The summed E-state index contributed by atoms with van der Waals surface area (Å²) in [7, 11) is 0. The Kier molecular flexibility index (Phi) is 8.63. The molecule has 0 spiro atoms. The van der Waals surface area contributed by atoms with E-state index in [0.29, 0.717) is 23.5 Å². The fourth-order valence-corrected chi connectivity index (χ4v) is 6.50. The summed E-state index contributed by atoms with van der Waals surface area (Å²) < 4.78 is 0. The number of rotatable bonds is 10. The van der Waals surface area contributed by atoms with Gasteiger partial charge in [0.1, 0.15) is 11.4 Å². The van der Waals surface area contributed by atoms with E-state index in [2.05, 4.69) is 16.0 Å². The van der Waals surface area contributed by atoms with E-state index in [9.17, 15) is 24.3 Å². The van der Waals surface area contributed by atoms with E-state index in [1.165, 1.54) is 33.3 Å². The van der Waals surface area contributed by atoms with Gasteiger partial charge in [0.15, 0.2) is 6.04 Å². The van der Waals surface area contributed by atoms with Crippen molar-refractivity contribution in [2.24, 2.45) is 5.73 Å². The summed E-state index contributed by atoms with van der Waals surface area (Å²) in [5.41, 5.74) is 4.70. The molecule has 3 amide bonds. The predicted octanol–water partition coefficient (Wildman–Crippen LogP) is -0.247. The highest BCUT2D eigenvalue weighted by atomic mass is 32.1. The van der Waals surface area contributed by atoms with Crippen molar-refractivity contribution in [2.75, 3.05) is 39.3 Å². The number of amidine groups is 1. The van der Waals surface area contributed by atoms with E-state index in [0.717, 1.165) is 0 Å². The van der Waals surface area contributed by atoms with Crippen LogP contribution in [-0.4, -0.2) is 95.8 Å². The van der Waals surface area contributed by atoms with Crippen LogP contribution in [0, 0.1) is 5.41 Å². The average molecular weight is 556 g/mol. The van der Waals surface area contributed by atoms with E-state index in [1.54, 1.807) is 29.6 Å². The molecule has 2 aromatic rings. The second kappa shape index (κ2) is 11.9. The van der Waals surface area contributed by atoms with Crippen molar-refractivity contribution < 1.29 is 24.3 Å². The molecule has 12 nitrogen and oxygen atoms in total. The summed E-state index contributed by atoms with van der Waals surface area (Å²) >= 11 is 1.29. The molecule has 3 atom stereocenters. The Labute approximate surface area is 230 Å². The molecule has 0 aliphatic carbocycles. The summed E-state index contributed by atoms with van der Waals surface area (Å²) in [4.78, 5) is 56.8. The minimum absolute atomic E-state index is 0.00581. The van der Waals surface area contributed by atoms with Crippen LogP contribution in [0.3, 0.4) is 0 Å². The van der Waals surface area contributed by atoms with Crippen LogP contribution in [0.5, 0.6) is 0 Å². The Hall–Kier alpha value is -3.81. The molecule has 2 aliphatic rings. The van der Waals surface area contributed by atoms with E-state index >= 15 is 0 Å². The largest absolute Gasteiger partial charge is 0.480 e. The van der Waals surface area contributed by atoms with Crippen LogP contribution in [0.4, 0.5) is 0 Å². The first-order chi connectivity index (χ1) is 18.7. The lowest BCUT2D eigenvalue weighted by atomic mass is 9.76. The SMILES string of the molecule is CCC(NC(=O)c1ccc(C(=N)N)cc1)C(c1cccs1)(C(C(=O)O)N1CCNCC1=O)N1CCNCC1=O. The van der Waals surface area contributed by atoms with Crippen molar-refractivity contribution >= 4 is 40.9 Å². The number of nitrogens with two attached hydrogens (primary N) is 1. The normalized spacial score (nSPS) is 19.2. The number of aliphatic carboxylic acids is 1. The molecule has 0 bridgehead atoms. The van der Waals surface area contributed by atoms with Gasteiger partial charge in [-0.1, -0.05) is 25.1 Å². The molecule has 3 heterocycles. The van der Waals surface area contributed by atoms with E-state index in [4.69, 9.17) is 11.1 Å². The number of piperazine rings is 2. The standard InChI is InChI=1S/C26H33N7O5S/c1-2-18(31-24(36)17-7-5-16(6-8-17)23(27)28)26(19-4-3-13-39-19,33-12-10-30-15-21(33)35)22(25(37)38)32-11-9-29-14-20(32)34/h3-8,13,18,22,29-30H,2,9-12,14-15H2,1H3,(H3,27,28)(H,31,36)(H,37,38). The van der Waals surface area contributed by atoms with Crippen LogP contribution in [0.15, 0.2) is 41.8 Å². The number of nitrogen functional groups attached to an aromatic ring is 1. The molecule has 1 aromatic carbocycles. The number of carbonyl (C=O) groups excluding carboxylic acids is 3. The average Bonchev–Trinajstić information content (AvgIpc) is 3.47. The number of thiophene rings is 1. The van der Waals surface area contributed by atoms with Crippen molar-refractivity contribution in [2.45, 2.75) is 31.0 Å². The number of hydrogen-bond donors (Lipinski definition) is 6. The first-order valence-corrected chi connectivity index (χ1v) is 13.6. The van der Waals surface area contributed by atoms with E-state index in [1.807, 2.05) is 6.92 Å². The van der Waals surface area contributed by atoms with Crippen molar-refractivity contribution in [1.82, 2.24) is 25.8 Å². The molecule has 4 rings (SSSR count). The zero-order valence-electron chi connectivity index (χ0n) is 21.6. The number of carbonyl (C=O) groups is 4. The van der Waals surface area contributed by atoms with Gasteiger partial charge in [-0.15, -0.1) is 11.3 Å². The monoisotopic (exact) mass is 555 g/mol. The molecule has 13 heteroatoms. The fourth-order valence-electron chi connectivity index (χ4n) is 5.49. The summed E-state index contributed by atoms with van der Waals surface area (Å²) in [6.07, 6.45) is 0.274. The van der Waals surface area contributed by atoms with Gasteiger partial charge in [0.2, 0.25) is 11.8 Å². The predicted molar refractivity (Wildman–Crippen MR) is 146 cm³/mol. The van der Waals surface area contributed by atoms with Gasteiger partial charge >= 0.3 is 5.97 Å². The molecular weight excluding hydrogens is 522 g/mol. The number of nitrogens with zero attached hydrogens (tertiary/aromatic N) is 2. The van der Waals surface area contributed by atoms with Crippen molar-refractivity contribution in [1.29, 1.82) is 5.41 Å². The smallest absolute Gasteiger partial charge is 0.329 e. The highest BCUT2D eigenvalue weighted by molar-refractivity contribution is 7.10. The third-order valence-corrected chi connectivity index (χ3v) is 8.25. The van der Waals surface area contributed by atoms with Crippen molar-refractivity contribution in [3.8, 4) is 0 Å². The second-order valence-electron chi connectivity index (χ2n) is 9.45. The lowest BCUT2D eigenvalue weighted by Gasteiger charge is -2.55. The van der Waals surface area contributed by atoms with Gasteiger partial charge in [0.25, 0.3) is 5.91 Å². The molecule has 7 N–H and O–H groups in total. The third kappa shape index (κ3) is 5.37. The first-order valence-electron chi connectivity index (χ1n) is 12.7. The van der Waals surface area contributed by atoms with Crippen molar-refractivity contribution in [3.05, 3.63) is 57.8 Å². The quantitative estimate of drug-likeness (QED) is 0.171. The number of benzene rings is 1. The maximum atomic E-state index is 13.6. The van der Waals surface area contributed by atoms with Gasteiger partial charge in [-0.3, -0.25) is 19.8 Å². The second-order valence-corrected chi connectivity index (χ2v) is 10.4. The third-order valence-electron chi connectivity index (χ3n) is 7.24. The molecule has 0 radical (unpaired) electrons. The van der Waals surface area contributed by atoms with Crippen LogP contribution >= 0.6 is 11.3 Å². The molecule has 1 aromatic heterocycles. The summed E-state index contributed by atoms with van der Waals surface area (Å²) in [5, 5.41) is 29.2.